The Morgan fingerprint density at radius 3 is 2.70 bits per heavy atom. The lowest BCUT2D eigenvalue weighted by atomic mass is 10.1. The molecule has 0 saturated carbocycles. The number of aromatic nitrogens is 1. The zero-order valence-electron chi connectivity index (χ0n) is 10.7. The molecular weight excluding hydrogens is 325 g/mol. The Morgan fingerprint density at radius 1 is 1.40 bits per heavy atom. The topological polar surface area (TPSA) is 68.0 Å². The van der Waals surface area contributed by atoms with Crippen LogP contribution >= 0.6 is 15.9 Å². The Balaban J connectivity index is 2.30. The van der Waals surface area contributed by atoms with Crippen molar-refractivity contribution < 1.29 is 9.18 Å². The standard InChI is InChI=1S/C14H13BrFN3O/c1-8-4-10(16)6-11(5-8)19-13(14(17)20)12-3-2-9(15)7-18-12/h2-7,13,19H,1H3,(H2,17,20). The number of nitrogens with one attached hydrogen (secondary N) is 1. The molecule has 3 N–H and O–H groups in total. The van der Waals surface area contributed by atoms with Gasteiger partial charge in [0.05, 0.1) is 5.69 Å². The molecule has 4 nitrogen and oxygen atoms in total. The van der Waals surface area contributed by atoms with Crippen LogP contribution in [0.1, 0.15) is 17.3 Å². The third-order valence-electron chi connectivity index (χ3n) is 2.68. The molecule has 1 heterocycles. The SMILES string of the molecule is Cc1cc(F)cc(NC(C(N)=O)c2ccc(Br)cn2)c1. The van der Waals surface area contributed by atoms with Gasteiger partial charge in [0, 0.05) is 16.4 Å². The predicted octanol–water partition coefficient (Wildman–Crippen LogP) is 2.93. The second-order valence-electron chi connectivity index (χ2n) is 4.40. The van der Waals surface area contributed by atoms with Gasteiger partial charge < -0.3 is 11.1 Å². The third-order valence-corrected chi connectivity index (χ3v) is 3.15. The molecule has 1 atom stereocenters. The van der Waals surface area contributed by atoms with Gasteiger partial charge in [-0.1, -0.05) is 0 Å². The van der Waals surface area contributed by atoms with Gasteiger partial charge in [0.2, 0.25) is 5.91 Å². The summed E-state index contributed by atoms with van der Waals surface area (Å²) < 4.78 is 14.2. The minimum atomic E-state index is -0.815. The normalized spacial score (nSPS) is 11.9. The van der Waals surface area contributed by atoms with Crippen LogP contribution in [0.15, 0.2) is 41.0 Å². The van der Waals surface area contributed by atoms with Crippen LogP contribution in [0, 0.1) is 12.7 Å². The molecule has 0 saturated heterocycles. The van der Waals surface area contributed by atoms with Crippen LogP contribution in [0.25, 0.3) is 0 Å². The monoisotopic (exact) mass is 337 g/mol. The van der Waals surface area contributed by atoms with E-state index in [1.807, 2.05) is 0 Å². The molecule has 6 heteroatoms. The highest BCUT2D eigenvalue weighted by molar-refractivity contribution is 9.10. The van der Waals surface area contributed by atoms with Gasteiger partial charge in [-0.15, -0.1) is 0 Å². The Labute approximate surface area is 124 Å². The maximum absolute atomic E-state index is 13.4. The minimum absolute atomic E-state index is 0.375. The Hall–Kier alpha value is -1.95. The molecule has 1 amide bonds. The quantitative estimate of drug-likeness (QED) is 0.901. The van der Waals surface area contributed by atoms with Crippen LogP contribution in [0.4, 0.5) is 10.1 Å². The van der Waals surface area contributed by atoms with E-state index in [4.69, 9.17) is 5.73 Å². The summed E-state index contributed by atoms with van der Waals surface area (Å²) in [5, 5.41) is 2.90. The zero-order valence-corrected chi connectivity index (χ0v) is 12.3. The second kappa shape index (κ2) is 6.00. The van der Waals surface area contributed by atoms with Crippen LogP contribution in [0.2, 0.25) is 0 Å². The molecule has 0 bridgehead atoms. The number of primary amides is 1. The summed E-state index contributed by atoms with van der Waals surface area (Å²) in [5.41, 5.74) is 7.09. The third kappa shape index (κ3) is 3.54. The van der Waals surface area contributed by atoms with E-state index in [2.05, 4.69) is 26.2 Å². The molecule has 20 heavy (non-hydrogen) atoms. The molecule has 1 unspecified atom stereocenters. The Morgan fingerprint density at radius 2 is 2.15 bits per heavy atom. The lowest BCUT2D eigenvalue weighted by Crippen LogP contribution is -2.28. The number of amides is 1. The molecule has 104 valence electrons. The summed E-state index contributed by atoms with van der Waals surface area (Å²) in [6, 6.07) is 7.07. The van der Waals surface area contributed by atoms with Crippen molar-refractivity contribution in [3.8, 4) is 0 Å². The summed E-state index contributed by atoms with van der Waals surface area (Å²) >= 11 is 3.27. The highest BCUT2D eigenvalue weighted by Gasteiger charge is 2.19. The summed E-state index contributed by atoms with van der Waals surface area (Å²) in [6.45, 7) is 1.77. The van der Waals surface area contributed by atoms with E-state index in [9.17, 15) is 9.18 Å². The summed E-state index contributed by atoms with van der Waals surface area (Å²) in [5.74, 6) is -0.957. The molecule has 2 rings (SSSR count). The maximum Gasteiger partial charge on any atom is 0.246 e. The van der Waals surface area contributed by atoms with Crippen molar-refractivity contribution in [2.24, 2.45) is 5.73 Å². The Kier molecular flexibility index (Phi) is 4.34. The van der Waals surface area contributed by atoms with Gasteiger partial charge in [-0.05, 0) is 58.7 Å². The van der Waals surface area contributed by atoms with E-state index in [0.717, 1.165) is 10.0 Å². The number of carbonyl (C=O) groups excluding carboxylic acids is 1. The first kappa shape index (κ1) is 14.5. The fourth-order valence-corrected chi connectivity index (χ4v) is 2.07. The van der Waals surface area contributed by atoms with Gasteiger partial charge in [0.1, 0.15) is 11.9 Å². The number of nitrogens with two attached hydrogens (primary N) is 1. The van der Waals surface area contributed by atoms with Gasteiger partial charge in [-0.2, -0.15) is 0 Å². The maximum atomic E-state index is 13.4. The fraction of sp³-hybridized carbons (Fsp3) is 0.143. The number of carbonyl (C=O) groups is 1. The van der Waals surface area contributed by atoms with Gasteiger partial charge in [0.25, 0.3) is 0 Å². The van der Waals surface area contributed by atoms with Crippen molar-refractivity contribution in [2.45, 2.75) is 13.0 Å². The average Bonchev–Trinajstić information content (AvgIpc) is 2.36. The summed E-state index contributed by atoms with van der Waals surface area (Å²) in [6.07, 6.45) is 1.57. The fourth-order valence-electron chi connectivity index (χ4n) is 1.84. The second-order valence-corrected chi connectivity index (χ2v) is 5.31. The predicted molar refractivity (Wildman–Crippen MR) is 78.6 cm³/mol. The largest absolute Gasteiger partial charge is 0.369 e. The van der Waals surface area contributed by atoms with E-state index in [-0.39, 0.29) is 5.82 Å². The van der Waals surface area contributed by atoms with E-state index in [0.29, 0.717) is 11.4 Å². The van der Waals surface area contributed by atoms with Crippen molar-refractivity contribution in [2.75, 3.05) is 5.32 Å². The number of aryl methyl sites for hydroxylation is 1. The zero-order chi connectivity index (χ0) is 14.7. The highest BCUT2D eigenvalue weighted by atomic mass is 79.9. The van der Waals surface area contributed by atoms with E-state index >= 15 is 0 Å². The molecule has 0 aliphatic heterocycles. The van der Waals surface area contributed by atoms with E-state index in [1.54, 1.807) is 31.3 Å². The molecule has 0 spiro atoms. The van der Waals surface area contributed by atoms with Gasteiger partial charge >= 0.3 is 0 Å². The van der Waals surface area contributed by atoms with E-state index < -0.39 is 11.9 Å². The number of rotatable bonds is 4. The first-order valence-electron chi connectivity index (χ1n) is 5.90. The number of benzene rings is 1. The smallest absolute Gasteiger partial charge is 0.246 e. The van der Waals surface area contributed by atoms with Crippen LogP contribution in [-0.2, 0) is 4.79 Å². The van der Waals surface area contributed by atoms with Crippen LogP contribution in [0.3, 0.4) is 0 Å². The lowest BCUT2D eigenvalue weighted by molar-refractivity contribution is -0.118. The van der Waals surface area contributed by atoms with Crippen molar-refractivity contribution in [1.82, 2.24) is 4.98 Å². The molecule has 2 aromatic rings. The first-order chi connectivity index (χ1) is 9.45. The van der Waals surface area contributed by atoms with E-state index in [1.165, 1.54) is 12.1 Å². The van der Waals surface area contributed by atoms with Crippen molar-refractivity contribution in [3.63, 3.8) is 0 Å². The van der Waals surface area contributed by atoms with Crippen LogP contribution in [-0.4, -0.2) is 10.9 Å². The molecule has 0 fully saturated rings. The Bertz CT molecular complexity index is 611. The lowest BCUT2D eigenvalue weighted by Gasteiger charge is -2.16. The minimum Gasteiger partial charge on any atom is -0.369 e. The number of halogens is 2. The molecule has 0 aliphatic rings. The molecule has 0 radical (unpaired) electrons. The number of hydrogen-bond donors (Lipinski definition) is 2. The average molecular weight is 338 g/mol. The van der Waals surface area contributed by atoms with Crippen molar-refractivity contribution >= 4 is 27.5 Å². The van der Waals surface area contributed by atoms with Gasteiger partial charge in [-0.3, -0.25) is 9.78 Å². The van der Waals surface area contributed by atoms with Crippen LogP contribution in [0.5, 0.6) is 0 Å². The summed E-state index contributed by atoms with van der Waals surface area (Å²) in [4.78, 5) is 15.7. The van der Waals surface area contributed by atoms with Crippen LogP contribution < -0.4 is 11.1 Å². The van der Waals surface area contributed by atoms with Crippen molar-refractivity contribution in [3.05, 3.63) is 58.1 Å². The molecule has 1 aromatic heterocycles. The first-order valence-corrected chi connectivity index (χ1v) is 6.69. The molecule has 0 aliphatic carbocycles. The highest BCUT2D eigenvalue weighted by Crippen LogP contribution is 2.21. The number of nitrogens with zero attached hydrogens (tertiary/aromatic N) is 1. The number of hydrogen-bond acceptors (Lipinski definition) is 3. The summed E-state index contributed by atoms with van der Waals surface area (Å²) in [7, 11) is 0. The van der Waals surface area contributed by atoms with Gasteiger partial charge in [0.15, 0.2) is 0 Å². The molecule has 1 aromatic carbocycles. The van der Waals surface area contributed by atoms with Crippen molar-refractivity contribution in [1.29, 1.82) is 0 Å². The number of anilines is 1. The van der Waals surface area contributed by atoms with Gasteiger partial charge in [-0.25, -0.2) is 4.39 Å². The molecular formula is C14H13BrFN3O. The number of pyridine rings is 1.